The third-order valence-corrected chi connectivity index (χ3v) is 4.42. The van der Waals surface area contributed by atoms with Crippen LogP contribution in [-0.2, 0) is 16.0 Å². The number of aromatic nitrogens is 2. The van der Waals surface area contributed by atoms with E-state index in [0.29, 0.717) is 25.5 Å². The van der Waals surface area contributed by atoms with E-state index in [1.54, 1.807) is 17.3 Å². The number of carbonyl (C=O) groups is 1. The fourth-order valence-electron chi connectivity index (χ4n) is 2.97. The number of hydrogen-bond acceptors (Lipinski definition) is 5. The van der Waals surface area contributed by atoms with Gasteiger partial charge in [-0.3, -0.25) is 14.8 Å². The minimum Gasteiger partial charge on any atom is -0.484 e. The van der Waals surface area contributed by atoms with Crippen LogP contribution < -0.4 is 4.74 Å². The number of morpholine rings is 1. The van der Waals surface area contributed by atoms with Crippen LogP contribution in [-0.4, -0.2) is 53.2 Å². The summed E-state index contributed by atoms with van der Waals surface area (Å²) in [7, 11) is 0. The Morgan fingerprint density at radius 3 is 2.85 bits per heavy atom. The van der Waals surface area contributed by atoms with Crippen molar-refractivity contribution in [1.82, 2.24) is 14.9 Å². The molecule has 1 aliphatic rings. The van der Waals surface area contributed by atoms with Crippen LogP contribution in [0.1, 0.15) is 17.8 Å². The molecule has 138 valence electrons. The van der Waals surface area contributed by atoms with Gasteiger partial charge in [0.25, 0.3) is 5.91 Å². The van der Waals surface area contributed by atoms with Gasteiger partial charge in [0, 0.05) is 18.9 Å². The van der Waals surface area contributed by atoms with E-state index in [-0.39, 0.29) is 24.4 Å². The Hall–Kier alpha value is -2.54. The molecule has 26 heavy (non-hydrogen) atoms. The smallest absolute Gasteiger partial charge is 0.260 e. The van der Waals surface area contributed by atoms with Gasteiger partial charge in [0.2, 0.25) is 0 Å². The van der Waals surface area contributed by atoms with Crippen LogP contribution in [0, 0.1) is 12.7 Å². The highest BCUT2D eigenvalue weighted by Crippen LogP contribution is 2.16. The molecular formula is C19H22FN3O3. The molecule has 1 atom stereocenters. The molecule has 1 aliphatic heterocycles. The van der Waals surface area contributed by atoms with Gasteiger partial charge in [0.05, 0.1) is 30.6 Å². The van der Waals surface area contributed by atoms with Gasteiger partial charge in [0.1, 0.15) is 11.6 Å². The number of carbonyl (C=O) groups excluding carboxylic acids is 1. The van der Waals surface area contributed by atoms with Crippen molar-refractivity contribution in [3.63, 3.8) is 0 Å². The molecule has 0 saturated carbocycles. The zero-order valence-corrected chi connectivity index (χ0v) is 14.7. The van der Waals surface area contributed by atoms with Crippen molar-refractivity contribution in [2.24, 2.45) is 0 Å². The number of rotatable bonds is 6. The molecule has 2 aromatic rings. The highest BCUT2D eigenvalue weighted by atomic mass is 19.1. The SMILES string of the molecule is Cc1nccnc1CCC1COCCN1C(=O)COc1ccc(F)cc1. The molecule has 1 fully saturated rings. The van der Waals surface area contributed by atoms with Gasteiger partial charge >= 0.3 is 0 Å². The lowest BCUT2D eigenvalue weighted by Gasteiger charge is -2.35. The van der Waals surface area contributed by atoms with E-state index >= 15 is 0 Å². The van der Waals surface area contributed by atoms with Crippen LogP contribution in [0.2, 0.25) is 0 Å². The number of aryl methyl sites for hydroxylation is 2. The van der Waals surface area contributed by atoms with E-state index in [1.165, 1.54) is 24.3 Å². The summed E-state index contributed by atoms with van der Waals surface area (Å²) >= 11 is 0. The second-order valence-electron chi connectivity index (χ2n) is 6.19. The van der Waals surface area contributed by atoms with Crippen molar-refractivity contribution in [3.8, 4) is 5.75 Å². The highest BCUT2D eigenvalue weighted by Gasteiger charge is 2.27. The Morgan fingerprint density at radius 2 is 2.08 bits per heavy atom. The molecule has 0 bridgehead atoms. The summed E-state index contributed by atoms with van der Waals surface area (Å²) < 4.78 is 24.0. The normalized spacial score (nSPS) is 17.2. The quantitative estimate of drug-likeness (QED) is 0.791. The number of amides is 1. The molecule has 1 amide bonds. The van der Waals surface area contributed by atoms with Crippen LogP contribution in [0.4, 0.5) is 4.39 Å². The van der Waals surface area contributed by atoms with Gasteiger partial charge < -0.3 is 14.4 Å². The van der Waals surface area contributed by atoms with Crippen LogP contribution in [0.25, 0.3) is 0 Å². The standard InChI is InChI=1S/C19H22FN3O3/c1-14-18(22-9-8-21-14)7-4-16-12-25-11-10-23(16)19(24)13-26-17-5-2-15(20)3-6-17/h2-3,5-6,8-9,16H,4,7,10-13H2,1H3. The van der Waals surface area contributed by atoms with Gasteiger partial charge in [-0.1, -0.05) is 0 Å². The molecule has 1 aromatic heterocycles. The van der Waals surface area contributed by atoms with Crippen molar-refractivity contribution in [1.29, 1.82) is 0 Å². The summed E-state index contributed by atoms with van der Waals surface area (Å²) in [5.74, 6) is 0.0365. The maximum absolute atomic E-state index is 12.9. The van der Waals surface area contributed by atoms with Crippen LogP contribution in [0.5, 0.6) is 5.75 Å². The topological polar surface area (TPSA) is 64.6 Å². The van der Waals surface area contributed by atoms with Gasteiger partial charge in [-0.2, -0.15) is 0 Å². The molecule has 1 saturated heterocycles. The zero-order chi connectivity index (χ0) is 18.4. The number of benzene rings is 1. The molecule has 7 heteroatoms. The first-order chi connectivity index (χ1) is 12.6. The van der Waals surface area contributed by atoms with Crippen molar-refractivity contribution < 1.29 is 18.7 Å². The lowest BCUT2D eigenvalue weighted by molar-refractivity contribution is -0.142. The van der Waals surface area contributed by atoms with Gasteiger partial charge in [-0.05, 0) is 44.0 Å². The highest BCUT2D eigenvalue weighted by molar-refractivity contribution is 5.78. The number of hydrogen-bond donors (Lipinski definition) is 0. The average molecular weight is 359 g/mol. The van der Waals surface area contributed by atoms with Crippen molar-refractivity contribution >= 4 is 5.91 Å². The lowest BCUT2D eigenvalue weighted by atomic mass is 10.1. The minimum absolute atomic E-state index is 0.0190. The minimum atomic E-state index is -0.337. The fraction of sp³-hybridized carbons (Fsp3) is 0.421. The predicted molar refractivity (Wildman–Crippen MR) is 93.3 cm³/mol. The molecule has 3 rings (SSSR count). The lowest BCUT2D eigenvalue weighted by Crippen LogP contribution is -2.50. The number of nitrogens with zero attached hydrogens (tertiary/aromatic N) is 3. The Morgan fingerprint density at radius 1 is 1.31 bits per heavy atom. The third kappa shape index (κ3) is 4.76. The number of ether oxygens (including phenoxy) is 2. The monoisotopic (exact) mass is 359 g/mol. The fourth-order valence-corrected chi connectivity index (χ4v) is 2.97. The molecule has 1 aromatic carbocycles. The molecule has 1 unspecified atom stereocenters. The van der Waals surface area contributed by atoms with E-state index in [2.05, 4.69) is 9.97 Å². The van der Waals surface area contributed by atoms with Gasteiger partial charge in [-0.25, -0.2) is 4.39 Å². The molecule has 0 radical (unpaired) electrons. The Labute approximate surface area is 152 Å². The summed E-state index contributed by atoms with van der Waals surface area (Å²) in [6.07, 6.45) is 4.84. The summed E-state index contributed by atoms with van der Waals surface area (Å²) in [5, 5.41) is 0. The molecule has 2 heterocycles. The first kappa shape index (κ1) is 18.3. The predicted octanol–water partition coefficient (Wildman–Crippen LogP) is 2.16. The largest absolute Gasteiger partial charge is 0.484 e. The molecular weight excluding hydrogens is 337 g/mol. The van der Waals surface area contributed by atoms with E-state index in [1.807, 2.05) is 6.92 Å². The third-order valence-electron chi connectivity index (χ3n) is 4.42. The zero-order valence-electron chi connectivity index (χ0n) is 14.7. The Bertz CT molecular complexity index is 739. The maximum Gasteiger partial charge on any atom is 0.260 e. The average Bonchev–Trinajstić information content (AvgIpc) is 2.67. The van der Waals surface area contributed by atoms with E-state index < -0.39 is 0 Å². The van der Waals surface area contributed by atoms with Gasteiger partial charge in [0.15, 0.2) is 6.61 Å². The van der Waals surface area contributed by atoms with E-state index in [9.17, 15) is 9.18 Å². The van der Waals surface area contributed by atoms with Crippen molar-refractivity contribution in [3.05, 3.63) is 53.9 Å². The van der Waals surface area contributed by atoms with Crippen molar-refractivity contribution in [2.45, 2.75) is 25.8 Å². The molecule has 0 spiro atoms. The Balaban J connectivity index is 1.56. The summed E-state index contributed by atoms with van der Waals surface area (Å²) in [6, 6.07) is 5.61. The Kier molecular flexibility index (Phi) is 6.12. The second-order valence-corrected chi connectivity index (χ2v) is 6.19. The van der Waals surface area contributed by atoms with E-state index in [4.69, 9.17) is 9.47 Å². The molecule has 6 nitrogen and oxygen atoms in total. The van der Waals surface area contributed by atoms with Crippen molar-refractivity contribution in [2.75, 3.05) is 26.4 Å². The summed E-state index contributed by atoms with van der Waals surface area (Å²) in [5.41, 5.74) is 1.84. The van der Waals surface area contributed by atoms with Crippen LogP contribution in [0.15, 0.2) is 36.7 Å². The first-order valence-corrected chi connectivity index (χ1v) is 8.65. The van der Waals surface area contributed by atoms with Crippen LogP contribution in [0.3, 0.4) is 0 Å². The summed E-state index contributed by atoms with van der Waals surface area (Å²) in [4.78, 5) is 23.0. The second kappa shape index (κ2) is 8.71. The molecule has 0 aliphatic carbocycles. The molecule has 0 N–H and O–H groups in total. The van der Waals surface area contributed by atoms with Crippen LogP contribution >= 0.6 is 0 Å². The number of halogens is 1. The van der Waals surface area contributed by atoms with Gasteiger partial charge in [-0.15, -0.1) is 0 Å². The van der Waals surface area contributed by atoms with E-state index in [0.717, 1.165) is 24.2 Å². The first-order valence-electron chi connectivity index (χ1n) is 8.65. The summed E-state index contributed by atoms with van der Waals surface area (Å²) in [6.45, 7) is 3.41. The maximum atomic E-state index is 12.9.